The predicted molar refractivity (Wildman–Crippen MR) is 85.3 cm³/mol. The van der Waals surface area contributed by atoms with Crippen LogP contribution in [-0.4, -0.2) is 47.8 Å². The van der Waals surface area contributed by atoms with E-state index in [2.05, 4.69) is 27.3 Å². The lowest BCUT2D eigenvalue weighted by Gasteiger charge is -2.37. The van der Waals surface area contributed by atoms with Gasteiger partial charge in [0.2, 0.25) is 0 Å². The maximum Gasteiger partial charge on any atom is 0.407 e. The van der Waals surface area contributed by atoms with Gasteiger partial charge in [0.15, 0.2) is 0 Å². The van der Waals surface area contributed by atoms with Gasteiger partial charge in [0.05, 0.1) is 6.54 Å². The molecule has 1 spiro atoms. The second kappa shape index (κ2) is 7.82. The Morgan fingerprint density at radius 2 is 1.90 bits per heavy atom. The number of piperidine rings is 1. The van der Waals surface area contributed by atoms with E-state index in [9.17, 15) is 4.79 Å². The van der Waals surface area contributed by atoms with Gasteiger partial charge in [0, 0.05) is 44.9 Å². The van der Waals surface area contributed by atoms with Gasteiger partial charge >= 0.3 is 6.09 Å². The quantitative estimate of drug-likeness (QED) is 0.919. The third kappa shape index (κ3) is 4.46. The lowest BCUT2D eigenvalue weighted by Crippen LogP contribution is -2.47. The summed E-state index contributed by atoms with van der Waals surface area (Å²) in [7, 11) is 0. The number of rotatable bonds is 3. The molecule has 1 N–H and O–H groups in total. The van der Waals surface area contributed by atoms with Crippen molar-refractivity contribution in [3.63, 3.8) is 0 Å². The van der Waals surface area contributed by atoms with Gasteiger partial charge in [-0.1, -0.05) is 0 Å². The molecule has 2 fully saturated rings. The first-order chi connectivity index (χ1) is 9.26. The van der Waals surface area contributed by atoms with E-state index in [0.717, 1.165) is 38.9 Å². The zero-order valence-electron chi connectivity index (χ0n) is 11.8. The maximum absolute atomic E-state index is 11.2. The molecule has 5 nitrogen and oxygen atoms in total. The molecule has 118 valence electrons. The fourth-order valence-electron chi connectivity index (χ4n) is 2.80. The van der Waals surface area contributed by atoms with Crippen molar-refractivity contribution >= 4 is 30.9 Å². The Morgan fingerprint density at radius 1 is 1.24 bits per heavy atom. The van der Waals surface area contributed by atoms with Crippen LogP contribution in [0.15, 0.2) is 24.5 Å². The van der Waals surface area contributed by atoms with E-state index in [1.807, 2.05) is 12.4 Å². The van der Waals surface area contributed by atoms with Crippen LogP contribution in [0, 0.1) is 0 Å². The normalized spacial score (nSPS) is 20.1. The van der Waals surface area contributed by atoms with Gasteiger partial charge in [-0.3, -0.25) is 4.98 Å². The highest BCUT2D eigenvalue weighted by molar-refractivity contribution is 5.85. The second-order valence-corrected chi connectivity index (χ2v) is 5.37. The molecule has 0 bridgehead atoms. The van der Waals surface area contributed by atoms with Gasteiger partial charge in [0.1, 0.15) is 5.60 Å². The van der Waals surface area contributed by atoms with Crippen molar-refractivity contribution in [2.45, 2.75) is 24.9 Å². The molecule has 0 aromatic carbocycles. The van der Waals surface area contributed by atoms with Gasteiger partial charge in [0.25, 0.3) is 0 Å². The number of pyridine rings is 1. The predicted octanol–water partition coefficient (Wildman–Crippen LogP) is 2.04. The van der Waals surface area contributed by atoms with Gasteiger partial charge in [-0.15, -0.1) is 24.8 Å². The second-order valence-electron chi connectivity index (χ2n) is 5.37. The number of halogens is 2. The molecule has 2 aliphatic rings. The van der Waals surface area contributed by atoms with Crippen LogP contribution in [0.3, 0.4) is 0 Å². The highest BCUT2D eigenvalue weighted by atomic mass is 35.5. The maximum atomic E-state index is 11.2. The minimum Gasteiger partial charge on any atom is -0.441 e. The lowest BCUT2D eigenvalue weighted by atomic mass is 9.91. The Hall–Kier alpha value is -1.04. The summed E-state index contributed by atoms with van der Waals surface area (Å²) in [6, 6.07) is 4.13. The van der Waals surface area contributed by atoms with Crippen LogP contribution in [0.4, 0.5) is 4.79 Å². The Labute approximate surface area is 137 Å². The highest BCUT2D eigenvalue weighted by Crippen LogP contribution is 2.29. The van der Waals surface area contributed by atoms with Crippen LogP contribution in [-0.2, 0) is 11.2 Å². The third-order valence-electron chi connectivity index (χ3n) is 4.10. The average molecular weight is 334 g/mol. The number of aromatic nitrogens is 1. The molecule has 1 aromatic heterocycles. The fourth-order valence-corrected chi connectivity index (χ4v) is 2.80. The molecule has 2 saturated heterocycles. The molecule has 3 heterocycles. The first-order valence-corrected chi connectivity index (χ1v) is 6.84. The van der Waals surface area contributed by atoms with E-state index in [4.69, 9.17) is 4.74 Å². The molecule has 2 aliphatic heterocycles. The van der Waals surface area contributed by atoms with E-state index >= 15 is 0 Å². The van der Waals surface area contributed by atoms with Gasteiger partial charge in [-0.2, -0.15) is 0 Å². The first kappa shape index (κ1) is 18.0. The Kier molecular flexibility index (Phi) is 6.71. The molecule has 3 rings (SSSR count). The molecule has 1 aromatic rings. The summed E-state index contributed by atoms with van der Waals surface area (Å²) >= 11 is 0. The molecular weight excluding hydrogens is 313 g/mol. The molecule has 7 heteroatoms. The average Bonchev–Trinajstić information content (AvgIpc) is 2.81. The number of carbonyl (C=O) groups excluding carboxylic acids is 1. The van der Waals surface area contributed by atoms with Crippen molar-refractivity contribution in [3.8, 4) is 0 Å². The van der Waals surface area contributed by atoms with E-state index in [1.54, 1.807) is 0 Å². The minimum atomic E-state index is -0.259. The zero-order valence-corrected chi connectivity index (χ0v) is 13.4. The molecule has 0 unspecified atom stereocenters. The number of ether oxygens (including phenoxy) is 1. The van der Waals surface area contributed by atoms with Gasteiger partial charge in [-0.25, -0.2) is 4.79 Å². The van der Waals surface area contributed by atoms with Crippen LogP contribution < -0.4 is 5.32 Å². The molecule has 0 radical (unpaired) electrons. The third-order valence-corrected chi connectivity index (χ3v) is 4.10. The minimum absolute atomic E-state index is 0. The molecule has 0 atom stereocenters. The smallest absolute Gasteiger partial charge is 0.407 e. The monoisotopic (exact) mass is 333 g/mol. The summed E-state index contributed by atoms with van der Waals surface area (Å²) in [5.41, 5.74) is 1.09. The largest absolute Gasteiger partial charge is 0.441 e. The van der Waals surface area contributed by atoms with E-state index in [-0.39, 0.29) is 36.5 Å². The molecular formula is C14H21Cl2N3O2. The Balaban J connectivity index is 0.00000110. The summed E-state index contributed by atoms with van der Waals surface area (Å²) in [6.45, 7) is 3.73. The summed E-state index contributed by atoms with van der Waals surface area (Å²) < 4.78 is 5.42. The molecule has 0 aliphatic carbocycles. The van der Waals surface area contributed by atoms with E-state index in [1.165, 1.54) is 5.56 Å². The van der Waals surface area contributed by atoms with Crippen LogP contribution in [0.5, 0.6) is 0 Å². The zero-order chi connectivity index (χ0) is 13.1. The van der Waals surface area contributed by atoms with Crippen molar-refractivity contribution in [2.75, 3.05) is 26.2 Å². The summed E-state index contributed by atoms with van der Waals surface area (Å²) in [5, 5.41) is 2.77. The van der Waals surface area contributed by atoms with E-state index in [0.29, 0.717) is 6.54 Å². The van der Waals surface area contributed by atoms with Crippen LogP contribution in [0.2, 0.25) is 0 Å². The standard InChI is InChI=1S/C14H19N3O2.2ClH/c18-13-16-11-14(19-13)4-9-17(10-5-14)8-3-12-1-6-15-7-2-12;;/h1-2,6-7H,3-5,8-11H2,(H,16,18);2*1H. The number of carbonyl (C=O) groups is 1. The first-order valence-electron chi connectivity index (χ1n) is 6.84. The summed E-state index contributed by atoms with van der Waals surface area (Å²) in [4.78, 5) is 17.6. The topological polar surface area (TPSA) is 54.5 Å². The molecule has 1 amide bonds. The van der Waals surface area contributed by atoms with Crippen LogP contribution >= 0.6 is 24.8 Å². The van der Waals surface area contributed by atoms with Gasteiger partial charge < -0.3 is 15.0 Å². The molecule has 21 heavy (non-hydrogen) atoms. The SMILES string of the molecule is Cl.Cl.O=C1NCC2(CCN(CCc3ccncc3)CC2)O1. The Morgan fingerprint density at radius 3 is 2.48 bits per heavy atom. The highest BCUT2D eigenvalue weighted by Gasteiger charge is 2.42. The van der Waals surface area contributed by atoms with Crippen molar-refractivity contribution in [1.29, 1.82) is 0 Å². The van der Waals surface area contributed by atoms with Crippen LogP contribution in [0.1, 0.15) is 18.4 Å². The number of nitrogens with zero attached hydrogens (tertiary/aromatic N) is 2. The van der Waals surface area contributed by atoms with Crippen molar-refractivity contribution in [3.05, 3.63) is 30.1 Å². The molecule has 0 saturated carbocycles. The summed E-state index contributed by atoms with van der Waals surface area (Å²) in [6.07, 6.45) is 6.33. The number of likely N-dealkylation sites (tertiary alicyclic amines) is 1. The lowest BCUT2D eigenvalue weighted by molar-refractivity contribution is 0.00123. The number of hydrogen-bond donors (Lipinski definition) is 1. The Bertz CT molecular complexity index is 451. The van der Waals surface area contributed by atoms with Crippen molar-refractivity contribution in [2.24, 2.45) is 0 Å². The van der Waals surface area contributed by atoms with Crippen molar-refractivity contribution < 1.29 is 9.53 Å². The number of nitrogens with one attached hydrogen (secondary N) is 1. The number of amides is 1. The number of hydrogen-bond acceptors (Lipinski definition) is 4. The van der Waals surface area contributed by atoms with Crippen molar-refractivity contribution in [1.82, 2.24) is 15.2 Å². The van der Waals surface area contributed by atoms with Gasteiger partial charge in [-0.05, 0) is 24.1 Å². The van der Waals surface area contributed by atoms with Crippen LogP contribution in [0.25, 0.3) is 0 Å². The summed E-state index contributed by atoms with van der Waals surface area (Å²) in [5.74, 6) is 0. The van der Waals surface area contributed by atoms with E-state index < -0.39 is 0 Å². The number of alkyl carbamates (subject to hydrolysis) is 1. The fraction of sp³-hybridized carbons (Fsp3) is 0.571.